The highest BCUT2D eigenvalue weighted by Crippen LogP contribution is 2.10. The lowest BCUT2D eigenvalue weighted by atomic mass is 10.1. The van der Waals surface area contributed by atoms with Crippen LogP contribution in [0.4, 0.5) is 4.79 Å². The van der Waals surface area contributed by atoms with Crippen LogP contribution in [0.2, 0.25) is 0 Å². The molecule has 0 aliphatic carbocycles. The fourth-order valence-electron chi connectivity index (χ4n) is 1.66. The quantitative estimate of drug-likeness (QED) is 0.563. The lowest BCUT2D eigenvalue weighted by Gasteiger charge is -2.29. The van der Waals surface area contributed by atoms with Crippen molar-refractivity contribution in [3.8, 4) is 0 Å². The highest BCUT2D eigenvalue weighted by atomic mass is 16.4. The van der Waals surface area contributed by atoms with Gasteiger partial charge in [-0.05, 0) is 19.8 Å². The summed E-state index contributed by atoms with van der Waals surface area (Å²) >= 11 is 0. The third-order valence-electron chi connectivity index (χ3n) is 2.70. The normalized spacial score (nSPS) is 18.6. The molecule has 7 nitrogen and oxygen atoms in total. The van der Waals surface area contributed by atoms with Crippen LogP contribution in [-0.2, 0) is 9.59 Å². The molecule has 7 heteroatoms. The first-order chi connectivity index (χ1) is 7.91. The molecule has 0 aromatic rings. The number of rotatable bonds is 3. The van der Waals surface area contributed by atoms with Crippen LogP contribution in [0.3, 0.4) is 0 Å². The zero-order valence-corrected chi connectivity index (χ0v) is 9.55. The number of ketones is 1. The van der Waals surface area contributed by atoms with Gasteiger partial charge in [0.2, 0.25) is 5.78 Å². The molecule has 0 aromatic heterocycles. The topological polar surface area (TPSA) is 107 Å². The largest absolute Gasteiger partial charge is 0.465 e. The van der Waals surface area contributed by atoms with Crippen LogP contribution in [0.5, 0.6) is 0 Å². The molecule has 3 N–H and O–H groups in total. The molecule has 96 valence electrons. The van der Waals surface area contributed by atoms with E-state index in [0.717, 1.165) is 0 Å². The van der Waals surface area contributed by atoms with Crippen LogP contribution in [0.1, 0.15) is 19.8 Å². The van der Waals surface area contributed by atoms with Gasteiger partial charge in [0.25, 0.3) is 5.91 Å². The molecule has 1 fully saturated rings. The van der Waals surface area contributed by atoms with Crippen LogP contribution in [0, 0.1) is 0 Å². The number of amides is 2. The molecule has 0 saturated carbocycles. The minimum Gasteiger partial charge on any atom is -0.465 e. The predicted octanol–water partition coefficient (Wildman–Crippen LogP) is -0.805. The van der Waals surface area contributed by atoms with Gasteiger partial charge >= 0.3 is 6.09 Å². The molecule has 2 amide bonds. The molecule has 0 radical (unpaired) electrons. The summed E-state index contributed by atoms with van der Waals surface area (Å²) in [5, 5.41) is 19.6. The second-order valence-corrected chi connectivity index (χ2v) is 4.06. The number of carbonyl (C=O) groups excluding carboxylic acids is 2. The molecular formula is C10H16N2O5. The van der Waals surface area contributed by atoms with Gasteiger partial charge in [-0.1, -0.05) is 0 Å². The van der Waals surface area contributed by atoms with Crippen molar-refractivity contribution in [3.05, 3.63) is 0 Å². The van der Waals surface area contributed by atoms with Gasteiger partial charge in [-0.25, -0.2) is 4.79 Å². The molecular weight excluding hydrogens is 228 g/mol. The van der Waals surface area contributed by atoms with Gasteiger partial charge in [-0.2, -0.15) is 0 Å². The second kappa shape index (κ2) is 5.62. The summed E-state index contributed by atoms with van der Waals surface area (Å²) in [5.74, 6) is -1.47. The molecule has 1 saturated heterocycles. The average Bonchev–Trinajstić information content (AvgIpc) is 2.27. The fraction of sp³-hybridized carbons (Fsp3) is 0.700. The Morgan fingerprint density at radius 1 is 1.29 bits per heavy atom. The Hall–Kier alpha value is -1.63. The Morgan fingerprint density at radius 2 is 1.82 bits per heavy atom. The summed E-state index contributed by atoms with van der Waals surface area (Å²) in [7, 11) is 0. The number of nitrogens with one attached hydrogen (secondary N) is 1. The van der Waals surface area contributed by atoms with Gasteiger partial charge in [-0.3, -0.25) is 9.59 Å². The van der Waals surface area contributed by atoms with E-state index >= 15 is 0 Å². The van der Waals surface area contributed by atoms with Crippen molar-refractivity contribution in [2.24, 2.45) is 0 Å². The molecule has 0 unspecified atom stereocenters. The van der Waals surface area contributed by atoms with Gasteiger partial charge in [0, 0.05) is 13.1 Å². The van der Waals surface area contributed by atoms with Crippen molar-refractivity contribution in [1.82, 2.24) is 10.2 Å². The first-order valence-electron chi connectivity index (χ1n) is 5.42. The van der Waals surface area contributed by atoms with Gasteiger partial charge in [0.05, 0.1) is 12.1 Å². The summed E-state index contributed by atoms with van der Waals surface area (Å²) in [4.78, 5) is 34.9. The summed E-state index contributed by atoms with van der Waals surface area (Å²) in [6.45, 7) is 1.98. The second-order valence-electron chi connectivity index (χ2n) is 4.06. The number of carboxylic acid groups (broad SMARTS) is 1. The number of likely N-dealkylation sites (tertiary alicyclic amines) is 1. The Kier molecular flexibility index (Phi) is 4.45. The Balaban J connectivity index is 2.51. The van der Waals surface area contributed by atoms with Crippen LogP contribution in [0.25, 0.3) is 0 Å². The maximum Gasteiger partial charge on any atom is 0.405 e. The van der Waals surface area contributed by atoms with Crippen LogP contribution < -0.4 is 5.32 Å². The van der Waals surface area contributed by atoms with Gasteiger partial charge in [-0.15, -0.1) is 0 Å². The molecule has 1 heterocycles. The Labute approximate surface area is 98.4 Å². The number of piperidine rings is 1. The van der Waals surface area contributed by atoms with Crippen molar-refractivity contribution in [2.45, 2.75) is 31.9 Å². The highest BCUT2D eigenvalue weighted by molar-refractivity contribution is 6.38. The molecule has 0 aromatic carbocycles. The van der Waals surface area contributed by atoms with E-state index in [1.807, 2.05) is 5.32 Å². The van der Waals surface area contributed by atoms with E-state index in [9.17, 15) is 19.5 Å². The van der Waals surface area contributed by atoms with E-state index < -0.39 is 29.9 Å². The average molecular weight is 244 g/mol. The maximum absolute atomic E-state index is 11.7. The number of nitrogens with zero attached hydrogens (tertiary/aromatic N) is 1. The summed E-state index contributed by atoms with van der Waals surface area (Å²) in [6.07, 6.45) is -0.879. The summed E-state index contributed by atoms with van der Waals surface area (Å²) < 4.78 is 0. The van der Waals surface area contributed by atoms with Crippen LogP contribution in [-0.4, -0.2) is 58.1 Å². The van der Waals surface area contributed by atoms with Gasteiger partial charge in [0.15, 0.2) is 0 Å². The maximum atomic E-state index is 11.7. The van der Waals surface area contributed by atoms with E-state index in [0.29, 0.717) is 25.9 Å². The molecule has 0 bridgehead atoms. The fourth-order valence-corrected chi connectivity index (χ4v) is 1.66. The molecule has 1 atom stereocenters. The monoisotopic (exact) mass is 244 g/mol. The molecule has 0 spiro atoms. The third-order valence-corrected chi connectivity index (χ3v) is 2.70. The van der Waals surface area contributed by atoms with Crippen molar-refractivity contribution >= 4 is 17.8 Å². The first kappa shape index (κ1) is 13.4. The number of aliphatic hydroxyl groups is 1. The summed E-state index contributed by atoms with van der Waals surface area (Å²) in [6, 6.07) is -1.05. The Morgan fingerprint density at radius 3 is 2.29 bits per heavy atom. The number of Topliss-reactive ketones (excluding diaryl/α,β-unsaturated/α-hetero) is 1. The number of carbonyl (C=O) groups is 3. The van der Waals surface area contributed by atoms with Crippen LogP contribution >= 0.6 is 0 Å². The van der Waals surface area contributed by atoms with Gasteiger partial charge in [0.1, 0.15) is 0 Å². The Bertz CT molecular complexity index is 323. The summed E-state index contributed by atoms with van der Waals surface area (Å²) in [5.41, 5.74) is 0. The molecule has 1 aliphatic heterocycles. The zero-order valence-electron chi connectivity index (χ0n) is 9.55. The highest BCUT2D eigenvalue weighted by Gasteiger charge is 2.29. The smallest absolute Gasteiger partial charge is 0.405 e. The number of aliphatic hydroxyl groups excluding tert-OH is 1. The van der Waals surface area contributed by atoms with Crippen molar-refractivity contribution < 1.29 is 24.6 Å². The van der Waals surface area contributed by atoms with Gasteiger partial charge < -0.3 is 20.4 Å². The predicted molar refractivity (Wildman–Crippen MR) is 57.5 cm³/mol. The van der Waals surface area contributed by atoms with Crippen molar-refractivity contribution in [2.75, 3.05) is 13.1 Å². The third kappa shape index (κ3) is 3.70. The molecule has 1 rings (SSSR count). The van der Waals surface area contributed by atoms with E-state index in [1.54, 1.807) is 0 Å². The van der Waals surface area contributed by atoms with E-state index in [2.05, 4.69) is 0 Å². The molecule has 1 aliphatic rings. The van der Waals surface area contributed by atoms with E-state index in [-0.39, 0.29) is 0 Å². The standard InChI is InChI=1S/C10H16N2O5/c1-6(11-10(16)17)8(14)9(15)12-4-2-7(13)3-5-12/h6-7,11,13H,2-5H2,1H3,(H,16,17)/t6-/m0/s1. The molecule has 17 heavy (non-hydrogen) atoms. The number of hydrogen-bond acceptors (Lipinski definition) is 4. The minimum absolute atomic E-state index is 0.325. The number of hydrogen-bond donors (Lipinski definition) is 3. The van der Waals surface area contributed by atoms with E-state index in [4.69, 9.17) is 5.11 Å². The first-order valence-corrected chi connectivity index (χ1v) is 5.42. The lowest BCUT2D eigenvalue weighted by Crippen LogP contribution is -2.49. The van der Waals surface area contributed by atoms with Crippen molar-refractivity contribution in [1.29, 1.82) is 0 Å². The SMILES string of the molecule is C[C@H](NC(=O)O)C(=O)C(=O)N1CCC(O)CC1. The lowest BCUT2D eigenvalue weighted by molar-refractivity contribution is -0.146. The van der Waals surface area contributed by atoms with Crippen molar-refractivity contribution in [3.63, 3.8) is 0 Å². The van der Waals surface area contributed by atoms with E-state index in [1.165, 1.54) is 11.8 Å². The van der Waals surface area contributed by atoms with Crippen LogP contribution in [0.15, 0.2) is 0 Å². The minimum atomic E-state index is -1.34. The zero-order chi connectivity index (χ0) is 13.0.